The standard InChI is InChI=1S/C18H27FN2/c1-15(12-16-6-2-3-7-17(16)19)21-11-5-9-18(14-21)8-4-10-20-13-18/h2-3,6-7,15,20H,4-5,8-14H2,1H3. The van der Waals surface area contributed by atoms with Crippen LogP contribution in [0.4, 0.5) is 4.39 Å². The summed E-state index contributed by atoms with van der Waals surface area (Å²) in [6.45, 7) is 6.93. The van der Waals surface area contributed by atoms with Gasteiger partial charge in [0.05, 0.1) is 0 Å². The number of nitrogens with zero attached hydrogens (tertiary/aromatic N) is 1. The molecule has 0 aromatic heterocycles. The average Bonchev–Trinajstić information content (AvgIpc) is 2.50. The normalized spacial score (nSPS) is 28.7. The van der Waals surface area contributed by atoms with Gasteiger partial charge in [-0.25, -0.2) is 4.39 Å². The van der Waals surface area contributed by atoms with Gasteiger partial charge in [0.15, 0.2) is 0 Å². The Labute approximate surface area is 127 Å². The molecule has 0 aliphatic carbocycles. The van der Waals surface area contributed by atoms with E-state index in [4.69, 9.17) is 0 Å². The Bertz CT molecular complexity index is 463. The summed E-state index contributed by atoms with van der Waals surface area (Å²) in [6, 6.07) is 7.63. The summed E-state index contributed by atoms with van der Waals surface area (Å²) >= 11 is 0. The molecule has 0 amide bonds. The van der Waals surface area contributed by atoms with Crippen LogP contribution in [0.3, 0.4) is 0 Å². The maximum absolute atomic E-state index is 13.8. The van der Waals surface area contributed by atoms with Crippen molar-refractivity contribution >= 4 is 0 Å². The summed E-state index contributed by atoms with van der Waals surface area (Å²) in [5.41, 5.74) is 1.33. The summed E-state index contributed by atoms with van der Waals surface area (Å²) in [5.74, 6) is -0.0598. The van der Waals surface area contributed by atoms with E-state index in [9.17, 15) is 4.39 Å². The summed E-state index contributed by atoms with van der Waals surface area (Å²) in [4.78, 5) is 2.59. The third-order valence-corrected chi connectivity index (χ3v) is 5.35. The van der Waals surface area contributed by atoms with Gasteiger partial charge in [-0.1, -0.05) is 18.2 Å². The van der Waals surface area contributed by atoms with Gasteiger partial charge in [-0.05, 0) is 69.2 Å². The van der Waals surface area contributed by atoms with Gasteiger partial charge < -0.3 is 5.32 Å². The number of benzene rings is 1. The van der Waals surface area contributed by atoms with E-state index >= 15 is 0 Å². The molecule has 1 aromatic rings. The molecule has 2 fully saturated rings. The molecule has 1 aromatic carbocycles. The predicted molar refractivity (Wildman–Crippen MR) is 84.9 cm³/mol. The maximum Gasteiger partial charge on any atom is 0.126 e. The van der Waals surface area contributed by atoms with Crippen LogP contribution in [0, 0.1) is 11.2 Å². The van der Waals surface area contributed by atoms with Crippen molar-refractivity contribution in [2.45, 2.75) is 45.1 Å². The van der Waals surface area contributed by atoms with Crippen molar-refractivity contribution in [2.24, 2.45) is 5.41 Å². The molecule has 3 heteroatoms. The molecule has 1 spiro atoms. The van der Waals surface area contributed by atoms with E-state index in [1.807, 2.05) is 12.1 Å². The zero-order valence-electron chi connectivity index (χ0n) is 13.1. The molecule has 116 valence electrons. The van der Waals surface area contributed by atoms with Gasteiger partial charge in [0.1, 0.15) is 5.82 Å². The molecule has 0 bridgehead atoms. The van der Waals surface area contributed by atoms with Crippen LogP contribution in [0.5, 0.6) is 0 Å². The van der Waals surface area contributed by atoms with Crippen LogP contribution in [0.25, 0.3) is 0 Å². The SMILES string of the molecule is CC(Cc1ccccc1F)N1CCCC2(CCCNC2)C1. The Balaban J connectivity index is 1.64. The zero-order valence-corrected chi connectivity index (χ0v) is 13.1. The third kappa shape index (κ3) is 3.46. The van der Waals surface area contributed by atoms with E-state index in [2.05, 4.69) is 17.1 Å². The Hall–Kier alpha value is -0.930. The van der Waals surface area contributed by atoms with E-state index < -0.39 is 0 Å². The molecule has 2 nitrogen and oxygen atoms in total. The molecule has 0 radical (unpaired) electrons. The van der Waals surface area contributed by atoms with E-state index in [0.29, 0.717) is 11.5 Å². The van der Waals surface area contributed by atoms with Crippen LogP contribution >= 0.6 is 0 Å². The lowest BCUT2D eigenvalue weighted by atomic mass is 9.74. The first-order valence-electron chi connectivity index (χ1n) is 8.37. The molecule has 2 saturated heterocycles. The molecule has 0 saturated carbocycles. The van der Waals surface area contributed by atoms with Gasteiger partial charge in [-0.2, -0.15) is 0 Å². The fourth-order valence-electron chi connectivity index (χ4n) is 4.11. The van der Waals surface area contributed by atoms with Crippen molar-refractivity contribution < 1.29 is 4.39 Å². The lowest BCUT2D eigenvalue weighted by Crippen LogP contribution is -2.53. The minimum atomic E-state index is -0.0598. The molecule has 21 heavy (non-hydrogen) atoms. The Morgan fingerprint density at radius 2 is 2.10 bits per heavy atom. The van der Waals surface area contributed by atoms with Crippen LogP contribution in [-0.2, 0) is 6.42 Å². The van der Waals surface area contributed by atoms with Gasteiger partial charge in [-0.15, -0.1) is 0 Å². The maximum atomic E-state index is 13.8. The smallest absolute Gasteiger partial charge is 0.126 e. The van der Waals surface area contributed by atoms with Crippen molar-refractivity contribution in [3.8, 4) is 0 Å². The number of hydrogen-bond donors (Lipinski definition) is 1. The van der Waals surface area contributed by atoms with Crippen LogP contribution in [-0.4, -0.2) is 37.1 Å². The average molecular weight is 290 g/mol. The first kappa shape index (κ1) is 15.0. The molecule has 2 heterocycles. The van der Waals surface area contributed by atoms with Gasteiger partial charge in [0.2, 0.25) is 0 Å². The second-order valence-corrected chi connectivity index (χ2v) is 7.00. The highest BCUT2D eigenvalue weighted by molar-refractivity contribution is 5.18. The van der Waals surface area contributed by atoms with Crippen LogP contribution < -0.4 is 5.32 Å². The summed E-state index contributed by atoms with van der Waals surface area (Å²) < 4.78 is 13.8. The van der Waals surface area contributed by atoms with Gasteiger partial charge in [-0.3, -0.25) is 4.90 Å². The molecule has 2 atom stereocenters. The lowest BCUT2D eigenvalue weighted by Gasteiger charge is -2.47. The minimum absolute atomic E-state index is 0.0598. The van der Waals surface area contributed by atoms with E-state index in [1.165, 1.54) is 38.8 Å². The van der Waals surface area contributed by atoms with Crippen LogP contribution in [0.15, 0.2) is 24.3 Å². The highest BCUT2D eigenvalue weighted by Crippen LogP contribution is 2.36. The summed E-state index contributed by atoms with van der Waals surface area (Å²) in [5, 5.41) is 3.58. The lowest BCUT2D eigenvalue weighted by molar-refractivity contribution is 0.0418. The van der Waals surface area contributed by atoms with E-state index in [0.717, 1.165) is 25.1 Å². The molecule has 2 unspecified atom stereocenters. The molecule has 3 rings (SSSR count). The summed E-state index contributed by atoms with van der Waals surface area (Å²) in [7, 11) is 0. The topological polar surface area (TPSA) is 15.3 Å². The number of nitrogens with one attached hydrogen (secondary N) is 1. The number of likely N-dealkylation sites (tertiary alicyclic amines) is 1. The number of hydrogen-bond acceptors (Lipinski definition) is 2. The fourth-order valence-corrected chi connectivity index (χ4v) is 4.11. The Morgan fingerprint density at radius 1 is 1.29 bits per heavy atom. The number of piperidine rings is 2. The molecule has 1 N–H and O–H groups in total. The van der Waals surface area contributed by atoms with E-state index in [-0.39, 0.29) is 5.82 Å². The Morgan fingerprint density at radius 3 is 2.86 bits per heavy atom. The fraction of sp³-hybridized carbons (Fsp3) is 0.667. The van der Waals surface area contributed by atoms with Crippen LogP contribution in [0.2, 0.25) is 0 Å². The van der Waals surface area contributed by atoms with Crippen molar-refractivity contribution in [1.29, 1.82) is 0 Å². The van der Waals surface area contributed by atoms with Crippen molar-refractivity contribution in [3.05, 3.63) is 35.6 Å². The highest BCUT2D eigenvalue weighted by Gasteiger charge is 2.37. The molecular formula is C18H27FN2. The zero-order chi connectivity index (χ0) is 14.7. The quantitative estimate of drug-likeness (QED) is 0.919. The minimum Gasteiger partial charge on any atom is -0.316 e. The second kappa shape index (κ2) is 6.45. The van der Waals surface area contributed by atoms with Crippen LogP contribution in [0.1, 0.15) is 38.2 Å². The van der Waals surface area contributed by atoms with Gasteiger partial charge in [0.25, 0.3) is 0 Å². The van der Waals surface area contributed by atoms with Crippen molar-refractivity contribution in [3.63, 3.8) is 0 Å². The highest BCUT2D eigenvalue weighted by atomic mass is 19.1. The van der Waals surface area contributed by atoms with Crippen molar-refractivity contribution in [2.75, 3.05) is 26.2 Å². The first-order valence-corrected chi connectivity index (χ1v) is 8.37. The predicted octanol–water partition coefficient (Wildman–Crippen LogP) is 3.22. The van der Waals surface area contributed by atoms with Crippen molar-refractivity contribution in [1.82, 2.24) is 10.2 Å². The molecular weight excluding hydrogens is 263 g/mol. The second-order valence-electron chi connectivity index (χ2n) is 7.00. The number of rotatable bonds is 3. The van der Waals surface area contributed by atoms with Gasteiger partial charge in [0, 0.05) is 19.1 Å². The monoisotopic (exact) mass is 290 g/mol. The third-order valence-electron chi connectivity index (χ3n) is 5.35. The molecule has 2 aliphatic heterocycles. The summed E-state index contributed by atoms with van der Waals surface area (Å²) in [6.07, 6.45) is 6.10. The largest absolute Gasteiger partial charge is 0.316 e. The first-order chi connectivity index (χ1) is 10.2. The van der Waals surface area contributed by atoms with E-state index in [1.54, 1.807) is 12.1 Å². The Kier molecular flexibility index (Phi) is 4.60. The molecule has 2 aliphatic rings. The number of halogens is 1. The van der Waals surface area contributed by atoms with Gasteiger partial charge >= 0.3 is 0 Å².